The molecule has 2 aromatic rings. The number of aliphatic carboxylic acids is 1. The van der Waals surface area contributed by atoms with Gasteiger partial charge >= 0.3 is 5.97 Å². The van der Waals surface area contributed by atoms with Crippen molar-refractivity contribution in [1.82, 2.24) is 15.0 Å². The second-order valence-corrected chi connectivity index (χ2v) is 5.04. The summed E-state index contributed by atoms with van der Waals surface area (Å²) in [5.41, 5.74) is 6.64. The first-order valence-electron chi connectivity index (χ1n) is 6.60. The fourth-order valence-corrected chi connectivity index (χ4v) is 2.72. The summed E-state index contributed by atoms with van der Waals surface area (Å²) >= 11 is 0. The molecule has 7 nitrogen and oxygen atoms in total. The maximum atomic E-state index is 11.5. The monoisotopic (exact) mass is 285 g/mol. The summed E-state index contributed by atoms with van der Waals surface area (Å²) in [6, 6.07) is 5.38. The van der Waals surface area contributed by atoms with Crippen LogP contribution in [0.25, 0.3) is 0 Å². The van der Waals surface area contributed by atoms with Crippen LogP contribution < -0.4 is 10.6 Å². The summed E-state index contributed by atoms with van der Waals surface area (Å²) in [5, 5.41) is 9.46. The van der Waals surface area contributed by atoms with Gasteiger partial charge in [-0.25, -0.2) is 9.97 Å². The minimum Gasteiger partial charge on any atom is -0.481 e. The van der Waals surface area contributed by atoms with Gasteiger partial charge in [0.1, 0.15) is 18.0 Å². The molecule has 0 aromatic carbocycles. The molecule has 7 heteroatoms. The van der Waals surface area contributed by atoms with Crippen molar-refractivity contribution < 1.29 is 9.90 Å². The predicted molar refractivity (Wildman–Crippen MR) is 76.8 cm³/mol. The lowest BCUT2D eigenvalue weighted by Gasteiger charge is -2.17. The van der Waals surface area contributed by atoms with Crippen LogP contribution in [-0.2, 0) is 4.79 Å². The van der Waals surface area contributed by atoms with Crippen molar-refractivity contribution in [3.8, 4) is 0 Å². The summed E-state index contributed by atoms with van der Waals surface area (Å²) in [4.78, 5) is 25.5. The molecule has 0 radical (unpaired) electrons. The Labute approximate surface area is 121 Å². The fraction of sp³-hybridized carbons (Fsp3) is 0.286. The fourth-order valence-electron chi connectivity index (χ4n) is 2.72. The van der Waals surface area contributed by atoms with Crippen LogP contribution in [0.3, 0.4) is 0 Å². The molecule has 1 aliphatic rings. The highest BCUT2D eigenvalue weighted by Crippen LogP contribution is 2.34. The lowest BCUT2D eigenvalue weighted by atomic mass is 9.90. The third kappa shape index (κ3) is 2.62. The standard InChI is InChI=1S/C14H15N5O2/c15-12-5-13(18-8-17-12)19-6-10(11(7-19)14(20)21)9-1-3-16-4-2-9/h1-5,8,10-11H,6-7H2,(H,20,21)(H2,15,17,18)/t10-,11+/m0/s1. The molecule has 108 valence electrons. The Morgan fingerprint density at radius 2 is 2.05 bits per heavy atom. The third-order valence-electron chi connectivity index (χ3n) is 3.77. The first-order valence-corrected chi connectivity index (χ1v) is 6.60. The van der Waals surface area contributed by atoms with Crippen molar-refractivity contribution in [3.63, 3.8) is 0 Å². The molecule has 21 heavy (non-hydrogen) atoms. The van der Waals surface area contributed by atoms with Gasteiger partial charge in [-0.3, -0.25) is 9.78 Å². The first kappa shape index (κ1) is 13.3. The average molecular weight is 285 g/mol. The van der Waals surface area contributed by atoms with Gasteiger partial charge in [-0.05, 0) is 17.7 Å². The van der Waals surface area contributed by atoms with E-state index >= 15 is 0 Å². The minimum atomic E-state index is -0.804. The number of carboxylic acids is 1. The Kier molecular flexibility index (Phi) is 3.39. The highest BCUT2D eigenvalue weighted by molar-refractivity contribution is 5.74. The third-order valence-corrected chi connectivity index (χ3v) is 3.77. The number of hydrogen-bond acceptors (Lipinski definition) is 6. The van der Waals surface area contributed by atoms with E-state index in [1.165, 1.54) is 6.33 Å². The molecule has 0 spiro atoms. The van der Waals surface area contributed by atoms with Crippen molar-refractivity contribution >= 4 is 17.6 Å². The van der Waals surface area contributed by atoms with Crippen LogP contribution in [0.15, 0.2) is 36.9 Å². The van der Waals surface area contributed by atoms with E-state index in [9.17, 15) is 9.90 Å². The largest absolute Gasteiger partial charge is 0.481 e. The minimum absolute atomic E-state index is 0.0957. The topological polar surface area (TPSA) is 105 Å². The number of aromatic nitrogens is 3. The van der Waals surface area contributed by atoms with Gasteiger partial charge in [0.05, 0.1) is 5.92 Å². The molecule has 0 aliphatic carbocycles. The van der Waals surface area contributed by atoms with Crippen molar-refractivity contribution in [3.05, 3.63) is 42.5 Å². The van der Waals surface area contributed by atoms with E-state index in [4.69, 9.17) is 5.73 Å². The molecule has 3 heterocycles. The molecule has 2 aromatic heterocycles. The summed E-state index contributed by atoms with van der Waals surface area (Å²) in [7, 11) is 0. The van der Waals surface area contributed by atoms with Crippen LogP contribution in [0.1, 0.15) is 11.5 Å². The van der Waals surface area contributed by atoms with Crippen molar-refractivity contribution in [2.45, 2.75) is 5.92 Å². The Bertz CT molecular complexity index is 649. The molecular formula is C14H15N5O2. The number of nitrogens with two attached hydrogens (primary N) is 1. The summed E-state index contributed by atoms with van der Waals surface area (Å²) in [5.74, 6) is -0.351. The lowest BCUT2D eigenvalue weighted by molar-refractivity contribution is -0.141. The normalized spacial score (nSPS) is 21.4. The number of carbonyl (C=O) groups is 1. The maximum Gasteiger partial charge on any atom is 0.308 e. The molecule has 0 unspecified atom stereocenters. The number of anilines is 2. The van der Waals surface area contributed by atoms with Crippen LogP contribution >= 0.6 is 0 Å². The Morgan fingerprint density at radius 3 is 2.71 bits per heavy atom. The van der Waals surface area contributed by atoms with Crippen molar-refractivity contribution in [2.75, 3.05) is 23.7 Å². The van der Waals surface area contributed by atoms with Crippen molar-refractivity contribution in [2.24, 2.45) is 5.92 Å². The molecule has 2 atom stereocenters. The van der Waals surface area contributed by atoms with Gasteiger partial charge in [0, 0.05) is 37.5 Å². The SMILES string of the molecule is Nc1cc(N2C[C@@H](C(=O)O)[C@H](c3ccncc3)C2)ncn1. The van der Waals surface area contributed by atoms with Gasteiger partial charge in [-0.1, -0.05) is 0 Å². The molecule has 3 rings (SSSR count). The second kappa shape index (κ2) is 5.35. The van der Waals surface area contributed by atoms with E-state index < -0.39 is 11.9 Å². The number of carboxylic acid groups (broad SMARTS) is 1. The zero-order valence-corrected chi connectivity index (χ0v) is 11.3. The molecule has 0 bridgehead atoms. The van der Waals surface area contributed by atoms with Gasteiger partial charge in [0.15, 0.2) is 0 Å². The number of nitrogen functional groups attached to an aromatic ring is 1. The van der Waals surface area contributed by atoms with Crippen LogP contribution in [0, 0.1) is 5.92 Å². The second-order valence-electron chi connectivity index (χ2n) is 5.04. The van der Waals surface area contributed by atoms with Gasteiger partial charge in [-0.15, -0.1) is 0 Å². The maximum absolute atomic E-state index is 11.5. The van der Waals surface area contributed by atoms with E-state index in [-0.39, 0.29) is 5.92 Å². The zero-order chi connectivity index (χ0) is 14.8. The molecule has 0 saturated carbocycles. The number of nitrogens with zero attached hydrogens (tertiary/aromatic N) is 4. The molecule has 1 saturated heterocycles. The Hall–Kier alpha value is -2.70. The molecule has 0 amide bonds. The first-order chi connectivity index (χ1) is 10.1. The van der Waals surface area contributed by atoms with Crippen LogP contribution in [0.4, 0.5) is 11.6 Å². The molecule has 3 N–H and O–H groups in total. The molecule has 1 fully saturated rings. The summed E-state index contributed by atoms with van der Waals surface area (Å²) < 4.78 is 0. The predicted octanol–water partition coefficient (Wildman–Crippen LogP) is 0.758. The Balaban J connectivity index is 1.90. The van der Waals surface area contributed by atoms with E-state index in [1.807, 2.05) is 17.0 Å². The van der Waals surface area contributed by atoms with Crippen LogP contribution in [0.2, 0.25) is 0 Å². The van der Waals surface area contributed by atoms with Gasteiger partial charge in [0.2, 0.25) is 0 Å². The average Bonchev–Trinajstić information content (AvgIpc) is 2.93. The van der Waals surface area contributed by atoms with Crippen LogP contribution in [0.5, 0.6) is 0 Å². The van der Waals surface area contributed by atoms with E-state index in [0.717, 1.165) is 5.56 Å². The Morgan fingerprint density at radius 1 is 1.29 bits per heavy atom. The highest BCUT2D eigenvalue weighted by atomic mass is 16.4. The molecular weight excluding hydrogens is 270 g/mol. The van der Waals surface area contributed by atoms with Crippen LogP contribution in [-0.4, -0.2) is 39.1 Å². The lowest BCUT2D eigenvalue weighted by Crippen LogP contribution is -2.23. The number of rotatable bonds is 3. The smallest absolute Gasteiger partial charge is 0.308 e. The quantitative estimate of drug-likeness (QED) is 0.857. The van der Waals surface area contributed by atoms with E-state index in [2.05, 4.69) is 15.0 Å². The number of pyridine rings is 1. The van der Waals surface area contributed by atoms with E-state index in [0.29, 0.717) is 24.7 Å². The van der Waals surface area contributed by atoms with E-state index in [1.54, 1.807) is 18.5 Å². The summed E-state index contributed by atoms with van der Waals surface area (Å²) in [6.45, 7) is 0.982. The highest BCUT2D eigenvalue weighted by Gasteiger charge is 2.39. The zero-order valence-electron chi connectivity index (χ0n) is 11.3. The van der Waals surface area contributed by atoms with Gasteiger partial charge in [0.25, 0.3) is 0 Å². The summed E-state index contributed by atoms with van der Waals surface area (Å²) in [6.07, 6.45) is 4.75. The number of hydrogen-bond donors (Lipinski definition) is 2. The van der Waals surface area contributed by atoms with Crippen molar-refractivity contribution in [1.29, 1.82) is 0 Å². The molecule has 1 aliphatic heterocycles. The van der Waals surface area contributed by atoms with Gasteiger partial charge < -0.3 is 15.7 Å². The van der Waals surface area contributed by atoms with Gasteiger partial charge in [-0.2, -0.15) is 0 Å².